The van der Waals surface area contributed by atoms with E-state index in [9.17, 15) is 9.90 Å². The van der Waals surface area contributed by atoms with Crippen molar-refractivity contribution in [3.63, 3.8) is 0 Å². The second kappa shape index (κ2) is 5.87. The van der Waals surface area contributed by atoms with Gasteiger partial charge in [0.15, 0.2) is 0 Å². The zero-order chi connectivity index (χ0) is 17.4. The Labute approximate surface area is 143 Å². The van der Waals surface area contributed by atoms with Crippen LogP contribution in [0.2, 0.25) is 0 Å². The third-order valence-electron chi connectivity index (χ3n) is 3.91. The Morgan fingerprint density at radius 3 is 2.72 bits per heavy atom. The van der Waals surface area contributed by atoms with Crippen LogP contribution < -0.4 is 10.6 Å². The molecule has 5 nitrogen and oxygen atoms in total. The van der Waals surface area contributed by atoms with Crippen molar-refractivity contribution in [1.82, 2.24) is 4.98 Å². The van der Waals surface area contributed by atoms with Gasteiger partial charge in [0.25, 0.3) is 5.91 Å². The van der Waals surface area contributed by atoms with Crippen LogP contribution in [0.3, 0.4) is 0 Å². The molecule has 2 heterocycles. The van der Waals surface area contributed by atoms with Crippen LogP contribution >= 0.6 is 0 Å². The molecule has 1 aromatic heterocycles. The summed E-state index contributed by atoms with van der Waals surface area (Å²) in [6, 6.07) is 15.0. The molecule has 0 bridgehead atoms. The first-order chi connectivity index (χ1) is 12.1. The molecule has 0 saturated heterocycles. The van der Waals surface area contributed by atoms with Gasteiger partial charge in [0, 0.05) is 16.4 Å². The number of nitrogens with zero attached hydrogens (tertiary/aromatic N) is 2. The zero-order valence-corrected chi connectivity index (χ0v) is 13.4. The Balaban J connectivity index is 1.78. The van der Waals surface area contributed by atoms with Crippen molar-refractivity contribution in [2.45, 2.75) is 6.92 Å². The van der Waals surface area contributed by atoms with Gasteiger partial charge in [-0.1, -0.05) is 30.3 Å². The van der Waals surface area contributed by atoms with Crippen molar-refractivity contribution in [2.24, 2.45) is 4.99 Å². The van der Waals surface area contributed by atoms with E-state index in [2.05, 4.69) is 9.98 Å². The van der Waals surface area contributed by atoms with Gasteiger partial charge in [-0.05, 0) is 42.8 Å². The molecular formula is C20H14N2O3. The van der Waals surface area contributed by atoms with Gasteiger partial charge >= 0.3 is 5.95 Å². The minimum atomic E-state index is -0.373. The minimum absolute atomic E-state index is 0.198. The fourth-order valence-corrected chi connectivity index (χ4v) is 2.65. The highest BCUT2D eigenvalue weighted by Crippen LogP contribution is 2.28. The number of hydrogen-bond donors (Lipinski definition) is 1. The monoisotopic (exact) mass is 330 g/mol. The SMILES string of the molecule is Cc1ccc2c(c1)=NC(=O)C(=Cc1nc(-c3ccccc3)oc1O)C=2. The van der Waals surface area contributed by atoms with Gasteiger partial charge in [-0.3, -0.25) is 4.79 Å². The first kappa shape index (κ1) is 15.1. The van der Waals surface area contributed by atoms with E-state index in [1.54, 1.807) is 6.08 Å². The predicted molar refractivity (Wildman–Crippen MR) is 93.0 cm³/mol. The molecule has 122 valence electrons. The molecule has 0 saturated carbocycles. The minimum Gasteiger partial charge on any atom is -0.479 e. The molecule has 1 aliphatic heterocycles. The van der Waals surface area contributed by atoms with Gasteiger partial charge in [0.2, 0.25) is 5.89 Å². The smallest absolute Gasteiger partial charge is 0.310 e. The molecule has 0 atom stereocenters. The van der Waals surface area contributed by atoms with Crippen molar-refractivity contribution in [2.75, 3.05) is 0 Å². The molecule has 2 aromatic carbocycles. The Morgan fingerprint density at radius 1 is 1.12 bits per heavy atom. The quantitative estimate of drug-likeness (QED) is 0.732. The standard InChI is InChI=1S/C20H14N2O3/c1-12-7-8-14-10-15(18(23)21-16(14)9-12)11-17-20(24)25-19(22-17)13-5-3-2-4-6-13/h2-11,24H,1H3. The molecule has 25 heavy (non-hydrogen) atoms. The summed E-state index contributed by atoms with van der Waals surface area (Å²) in [6.45, 7) is 1.95. The van der Waals surface area contributed by atoms with Crippen LogP contribution in [0.25, 0.3) is 23.6 Å². The Kier molecular flexibility index (Phi) is 3.54. The second-order valence-electron chi connectivity index (χ2n) is 5.80. The molecule has 4 rings (SSSR count). The summed E-state index contributed by atoms with van der Waals surface area (Å²) in [5.41, 5.74) is 2.33. The number of fused-ring (bicyclic) bond motifs is 1. The van der Waals surface area contributed by atoms with Crippen molar-refractivity contribution in [3.05, 3.63) is 75.9 Å². The van der Waals surface area contributed by atoms with Crippen molar-refractivity contribution in [3.8, 4) is 17.4 Å². The van der Waals surface area contributed by atoms with Crippen LogP contribution in [-0.2, 0) is 4.79 Å². The number of carbonyl (C=O) groups excluding carboxylic acids is 1. The molecule has 0 spiro atoms. The van der Waals surface area contributed by atoms with Gasteiger partial charge in [0.1, 0.15) is 5.69 Å². The normalized spacial score (nSPS) is 14.8. The van der Waals surface area contributed by atoms with Gasteiger partial charge in [-0.15, -0.1) is 0 Å². The highest BCUT2D eigenvalue weighted by atomic mass is 16.5. The summed E-state index contributed by atoms with van der Waals surface area (Å²) in [7, 11) is 0. The molecule has 1 amide bonds. The maximum Gasteiger partial charge on any atom is 0.310 e. The van der Waals surface area contributed by atoms with Crippen molar-refractivity contribution in [1.29, 1.82) is 0 Å². The first-order valence-corrected chi connectivity index (χ1v) is 7.78. The van der Waals surface area contributed by atoms with Crippen LogP contribution in [0.5, 0.6) is 5.95 Å². The molecule has 0 radical (unpaired) electrons. The molecule has 1 N–H and O–H groups in total. The van der Waals surface area contributed by atoms with E-state index in [0.717, 1.165) is 16.3 Å². The van der Waals surface area contributed by atoms with E-state index in [0.29, 0.717) is 16.8 Å². The summed E-state index contributed by atoms with van der Waals surface area (Å²) >= 11 is 0. The van der Waals surface area contributed by atoms with E-state index in [4.69, 9.17) is 4.42 Å². The summed E-state index contributed by atoms with van der Waals surface area (Å²) in [5, 5.41) is 11.5. The fourth-order valence-electron chi connectivity index (χ4n) is 2.65. The summed E-state index contributed by atoms with van der Waals surface area (Å²) in [5.74, 6) is -0.412. The molecule has 0 unspecified atom stereocenters. The van der Waals surface area contributed by atoms with E-state index >= 15 is 0 Å². The zero-order valence-electron chi connectivity index (χ0n) is 13.4. The number of aryl methyl sites for hydroxylation is 1. The van der Waals surface area contributed by atoms with E-state index < -0.39 is 0 Å². The first-order valence-electron chi connectivity index (χ1n) is 7.78. The number of amides is 1. The highest BCUT2D eigenvalue weighted by molar-refractivity contribution is 6.07. The Bertz CT molecular complexity index is 1130. The van der Waals surface area contributed by atoms with E-state index in [1.807, 2.05) is 55.5 Å². The third kappa shape index (κ3) is 2.87. The molecule has 0 aliphatic carbocycles. The van der Waals surface area contributed by atoms with Crippen LogP contribution in [0.1, 0.15) is 11.3 Å². The molecule has 5 heteroatoms. The van der Waals surface area contributed by atoms with Gasteiger partial charge < -0.3 is 9.52 Å². The molecule has 3 aromatic rings. The van der Waals surface area contributed by atoms with Crippen molar-refractivity contribution >= 4 is 18.1 Å². The van der Waals surface area contributed by atoms with E-state index in [-0.39, 0.29) is 17.5 Å². The van der Waals surface area contributed by atoms with E-state index in [1.165, 1.54) is 6.08 Å². The lowest BCUT2D eigenvalue weighted by Gasteiger charge is -2.03. The summed E-state index contributed by atoms with van der Waals surface area (Å²) < 4.78 is 5.31. The Hall–Kier alpha value is -3.47. The predicted octanol–water partition coefficient (Wildman–Crippen LogP) is 2.38. The third-order valence-corrected chi connectivity index (χ3v) is 3.91. The fraction of sp³-hybridized carbons (Fsp3) is 0.0500. The maximum atomic E-state index is 12.3. The average Bonchev–Trinajstić information content (AvgIpc) is 2.97. The average molecular weight is 330 g/mol. The van der Waals surface area contributed by atoms with Crippen molar-refractivity contribution < 1.29 is 14.3 Å². The van der Waals surface area contributed by atoms with Crippen LogP contribution in [0.15, 0.2) is 63.5 Å². The lowest BCUT2D eigenvalue weighted by Crippen LogP contribution is -2.30. The van der Waals surface area contributed by atoms with Gasteiger partial charge in [-0.2, -0.15) is 0 Å². The number of oxazole rings is 1. The number of carbonyl (C=O) groups is 1. The van der Waals surface area contributed by atoms with Crippen LogP contribution in [0.4, 0.5) is 0 Å². The maximum absolute atomic E-state index is 12.3. The summed E-state index contributed by atoms with van der Waals surface area (Å²) in [6.07, 6.45) is 3.22. The van der Waals surface area contributed by atoms with Crippen LogP contribution in [-0.4, -0.2) is 16.0 Å². The lowest BCUT2D eigenvalue weighted by molar-refractivity contribution is -0.114. The molecule has 1 aliphatic rings. The second-order valence-corrected chi connectivity index (χ2v) is 5.80. The lowest BCUT2D eigenvalue weighted by atomic mass is 10.1. The number of rotatable bonds is 2. The molecular weight excluding hydrogens is 316 g/mol. The summed E-state index contributed by atoms with van der Waals surface area (Å²) in [4.78, 5) is 20.6. The number of benzene rings is 2. The number of hydrogen-bond acceptors (Lipinski definition) is 4. The highest BCUT2D eigenvalue weighted by Gasteiger charge is 2.16. The van der Waals surface area contributed by atoms with Crippen LogP contribution in [0, 0.1) is 6.92 Å². The van der Waals surface area contributed by atoms with Gasteiger partial charge in [0.05, 0.1) is 5.36 Å². The molecule has 0 fully saturated rings. The Morgan fingerprint density at radius 2 is 1.92 bits per heavy atom. The number of aromatic hydroxyl groups is 1. The van der Waals surface area contributed by atoms with Gasteiger partial charge in [-0.25, -0.2) is 9.98 Å². The topological polar surface area (TPSA) is 75.7 Å². The largest absolute Gasteiger partial charge is 0.479 e. The number of aromatic nitrogens is 1.